The third kappa shape index (κ3) is 5.33. The summed E-state index contributed by atoms with van der Waals surface area (Å²) in [6, 6.07) is 0. The van der Waals surface area contributed by atoms with Crippen molar-refractivity contribution in [1.82, 2.24) is 0 Å². The maximum atomic E-state index is 2.32. The van der Waals surface area contributed by atoms with Gasteiger partial charge in [-0.3, -0.25) is 0 Å². The molecule has 0 heterocycles. The number of hydrogen-bond acceptors (Lipinski definition) is 0. The van der Waals surface area contributed by atoms with Gasteiger partial charge in [-0.1, -0.05) is 55.9 Å². The van der Waals surface area contributed by atoms with Gasteiger partial charge in [0, 0.05) is 0 Å². The Kier molecular flexibility index (Phi) is 8.04. The smallest absolute Gasteiger partial charge is 0.261 e. The molecule has 0 rings (SSSR count). The predicted octanol–water partition coefficient (Wildman–Crippen LogP) is 3.82. The topological polar surface area (TPSA) is 0 Å². The summed E-state index contributed by atoms with van der Waals surface area (Å²) >= 11 is -0.234. The molecule has 0 radical (unpaired) electrons. The summed E-state index contributed by atoms with van der Waals surface area (Å²) in [5.74, 6) is 0. The Balaban J connectivity index is 0. The molecule has 0 aromatic rings. The van der Waals surface area contributed by atoms with Gasteiger partial charge in [0.05, 0.1) is 0 Å². The second-order valence-corrected chi connectivity index (χ2v) is 6.70. The fourth-order valence-corrected chi connectivity index (χ4v) is 4.97. The van der Waals surface area contributed by atoms with E-state index in [-0.39, 0.29) is 15.6 Å². The van der Waals surface area contributed by atoms with Crippen LogP contribution in [0.1, 0.15) is 41.5 Å². The summed E-state index contributed by atoms with van der Waals surface area (Å²) < 4.78 is 0. The van der Waals surface area contributed by atoms with Crippen LogP contribution in [-0.2, 0) is 0 Å². The molecule has 0 aliphatic carbocycles. The van der Waals surface area contributed by atoms with E-state index in [1.165, 1.54) is 19.3 Å². The Labute approximate surface area is 71.9 Å². The van der Waals surface area contributed by atoms with Crippen LogP contribution in [0.3, 0.4) is 0 Å². The van der Waals surface area contributed by atoms with E-state index in [1.54, 1.807) is 15.8 Å². The second kappa shape index (κ2) is 7.64. The van der Waals surface area contributed by atoms with Crippen LogP contribution >= 0.6 is 0 Å². The summed E-state index contributed by atoms with van der Waals surface area (Å²) in [4.78, 5) is 0. The quantitative estimate of drug-likeness (QED) is 0.514. The predicted molar refractivity (Wildman–Crippen MR) is 52.2 cm³/mol. The average Bonchev–Trinajstić information content (AvgIpc) is 1.90. The zero-order valence-electron chi connectivity index (χ0n) is 8.82. The lowest BCUT2D eigenvalue weighted by Gasteiger charge is -2.06. The molecule has 0 nitrogen and oxygen atoms in total. The lowest BCUT2D eigenvalue weighted by atomic mass is 10.5. The van der Waals surface area contributed by atoms with Crippen molar-refractivity contribution in [2.45, 2.75) is 55.9 Å². The minimum Gasteiger partial charge on any atom is -1.00 e. The van der Waals surface area contributed by atoms with Crippen LogP contribution in [0.2, 0.25) is 15.8 Å². The molecule has 0 N–H and O–H groups in total. The summed E-state index contributed by atoms with van der Waals surface area (Å²) in [6.07, 6.45) is 4.28. The first-order valence-electron chi connectivity index (χ1n) is 4.85. The average molecular weight is 157 g/mol. The van der Waals surface area contributed by atoms with E-state index < -0.39 is 0 Å². The lowest BCUT2D eigenvalue weighted by Crippen LogP contribution is -2.09. The molecule has 0 saturated heterocycles. The van der Waals surface area contributed by atoms with Crippen molar-refractivity contribution < 1.29 is 1.43 Å². The lowest BCUT2D eigenvalue weighted by molar-refractivity contribution is 0.957. The SMILES string of the molecule is CC[CH2][Al]([CH2]CC)[CH2]CC.[H-]. The molecule has 0 spiro atoms. The molecule has 0 fully saturated rings. The summed E-state index contributed by atoms with van der Waals surface area (Å²) in [5, 5.41) is 4.76. The Bertz CT molecular complexity index is 52.3. The second-order valence-electron chi connectivity index (χ2n) is 3.23. The molecule has 62 valence electrons. The van der Waals surface area contributed by atoms with Crippen LogP contribution in [0.15, 0.2) is 0 Å². The van der Waals surface area contributed by atoms with Gasteiger partial charge in [0.15, 0.2) is 0 Å². The van der Waals surface area contributed by atoms with Gasteiger partial charge in [-0.15, -0.1) is 0 Å². The van der Waals surface area contributed by atoms with Crippen LogP contribution < -0.4 is 0 Å². The third-order valence-corrected chi connectivity index (χ3v) is 6.27. The molecule has 0 atom stereocenters. The van der Waals surface area contributed by atoms with Crippen molar-refractivity contribution in [3.8, 4) is 0 Å². The van der Waals surface area contributed by atoms with E-state index in [9.17, 15) is 0 Å². The molecule has 0 aliphatic rings. The molecule has 0 saturated carbocycles. The van der Waals surface area contributed by atoms with Gasteiger partial charge in [0.1, 0.15) is 0 Å². The third-order valence-electron chi connectivity index (χ3n) is 2.09. The highest BCUT2D eigenvalue weighted by atomic mass is 27.2. The van der Waals surface area contributed by atoms with Crippen LogP contribution in [0.25, 0.3) is 0 Å². The summed E-state index contributed by atoms with van der Waals surface area (Å²) in [5.41, 5.74) is 0. The van der Waals surface area contributed by atoms with Crippen LogP contribution in [0.5, 0.6) is 0 Å². The summed E-state index contributed by atoms with van der Waals surface area (Å²) in [7, 11) is 0. The standard InChI is InChI=1S/3C3H7.Al.H/c3*1-3-2;;/h3*1,3H2,2H3;;/q;;;;-1. The molecule has 10 heavy (non-hydrogen) atoms. The van der Waals surface area contributed by atoms with E-state index in [0.29, 0.717) is 0 Å². The first kappa shape index (κ1) is 10.5. The van der Waals surface area contributed by atoms with Gasteiger partial charge in [-0.2, -0.15) is 0 Å². The highest BCUT2D eigenvalue weighted by molar-refractivity contribution is 6.58. The fourth-order valence-electron chi connectivity index (χ4n) is 1.66. The van der Waals surface area contributed by atoms with E-state index in [0.717, 1.165) is 0 Å². The van der Waals surface area contributed by atoms with Crippen molar-refractivity contribution >= 4 is 14.1 Å². The summed E-state index contributed by atoms with van der Waals surface area (Å²) in [6.45, 7) is 6.97. The van der Waals surface area contributed by atoms with Gasteiger partial charge < -0.3 is 1.43 Å². The monoisotopic (exact) mass is 157 g/mol. The van der Waals surface area contributed by atoms with Crippen molar-refractivity contribution in [2.24, 2.45) is 0 Å². The number of rotatable bonds is 6. The fraction of sp³-hybridized carbons (Fsp3) is 1.00. The maximum Gasteiger partial charge on any atom is 0.261 e. The highest BCUT2D eigenvalue weighted by Crippen LogP contribution is 2.11. The van der Waals surface area contributed by atoms with E-state index in [2.05, 4.69) is 20.8 Å². The minimum absolute atomic E-state index is 0. The van der Waals surface area contributed by atoms with Gasteiger partial charge in [0.25, 0.3) is 14.1 Å². The van der Waals surface area contributed by atoms with E-state index in [4.69, 9.17) is 0 Å². The maximum absolute atomic E-state index is 2.32. The molecule has 0 aromatic heterocycles. The Morgan fingerprint density at radius 1 is 0.800 bits per heavy atom. The Hall–Kier alpha value is 0.532. The zero-order valence-corrected chi connectivity index (χ0v) is 8.97. The van der Waals surface area contributed by atoms with Gasteiger partial charge in [-0.25, -0.2) is 0 Å². The van der Waals surface area contributed by atoms with Crippen molar-refractivity contribution in [3.63, 3.8) is 0 Å². The van der Waals surface area contributed by atoms with Crippen molar-refractivity contribution in [1.29, 1.82) is 0 Å². The van der Waals surface area contributed by atoms with Gasteiger partial charge >= 0.3 is 0 Å². The number of hydrogen-bond donors (Lipinski definition) is 0. The minimum atomic E-state index is -0.234. The van der Waals surface area contributed by atoms with Gasteiger partial charge in [-0.05, 0) is 0 Å². The van der Waals surface area contributed by atoms with Crippen LogP contribution in [0, 0.1) is 0 Å². The first-order chi connectivity index (χ1) is 4.85. The van der Waals surface area contributed by atoms with Crippen molar-refractivity contribution in [2.75, 3.05) is 0 Å². The van der Waals surface area contributed by atoms with E-state index >= 15 is 0 Å². The molecule has 0 amide bonds. The molecular formula is C9H22Al-. The van der Waals surface area contributed by atoms with Gasteiger partial charge in [0.2, 0.25) is 0 Å². The largest absolute Gasteiger partial charge is 1.00 e. The van der Waals surface area contributed by atoms with Crippen molar-refractivity contribution in [3.05, 3.63) is 0 Å². The molecule has 0 aliphatic heterocycles. The Morgan fingerprint density at radius 3 is 1.30 bits per heavy atom. The normalized spacial score (nSPS) is 9.90. The molecule has 0 aromatic carbocycles. The molecule has 0 unspecified atom stereocenters. The van der Waals surface area contributed by atoms with Crippen LogP contribution in [-0.4, -0.2) is 14.1 Å². The molecule has 0 bridgehead atoms. The highest BCUT2D eigenvalue weighted by Gasteiger charge is 2.11. The molecular weight excluding hydrogens is 135 g/mol. The van der Waals surface area contributed by atoms with E-state index in [1.807, 2.05) is 0 Å². The zero-order chi connectivity index (χ0) is 7.82. The molecule has 1 heteroatoms. The van der Waals surface area contributed by atoms with Crippen LogP contribution in [0.4, 0.5) is 0 Å². The Morgan fingerprint density at radius 2 is 1.10 bits per heavy atom. The first-order valence-corrected chi connectivity index (χ1v) is 7.30.